The van der Waals surface area contributed by atoms with Crippen LogP contribution < -0.4 is 0 Å². The molecule has 1 aromatic heterocycles. The summed E-state index contributed by atoms with van der Waals surface area (Å²) in [6, 6.07) is 8.05. The fourth-order valence-corrected chi connectivity index (χ4v) is 1.30. The van der Waals surface area contributed by atoms with Crippen LogP contribution in [0.25, 0.3) is 11.0 Å². The minimum atomic E-state index is 0.884. The SMILES string of the molecule is PCc1nc2ccccc2[nH]1. The number of H-pyrrole nitrogens is 1. The van der Waals surface area contributed by atoms with E-state index in [1.165, 1.54) is 0 Å². The lowest BCUT2D eigenvalue weighted by molar-refractivity contribution is 1.14. The Labute approximate surface area is 67.2 Å². The number of aromatic nitrogens is 2. The minimum absolute atomic E-state index is 0.884. The first-order chi connectivity index (χ1) is 5.40. The van der Waals surface area contributed by atoms with E-state index in [1.54, 1.807) is 0 Å². The normalized spacial score (nSPS) is 10.6. The highest BCUT2D eigenvalue weighted by molar-refractivity contribution is 7.15. The number of hydrogen-bond donors (Lipinski definition) is 1. The molecule has 2 nitrogen and oxygen atoms in total. The molecule has 0 aliphatic heterocycles. The molecule has 2 aromatic rings. The molecule has 0 radical (unpaired) electrons. The van der Waals surface area contributed by atoms with Crippen molar-refractivity contribution in [2.75, 3.05) is 0 Å². The average Bonchev–Trinajstić information content (AvgIpc) is 2.46. The second kappa shape index (κ2) is 2.63. The van der Waals surface area contributed by atoms with Crippen LogP contribution in [0.4, 0.5) is 0 Å². The third kappa shape index (κ3) is 1.14. The highest BCUT2D eigenvalue weighted by Gasteiger charge is 1.97. The largest absolute Gasteiger partial charge is 0.342 e. The van der Waals surface area contributed by atoms with Gasteiger partial charge in [0.25, 0.3) is 0 Å². The Morgan fingerprint density at radius 1 is 1.36 bits per heavy atom. The number of aromatic amines is 1. The number of nitrogens with one attached hydrogen (secondary N) is 1. The average molecular weight is 164 g/mol. The molecular weight excluding hydrogens is 155 g/mol. The summed E-state index contributed by atoms with van der Waals surface area (Å²) < 4.78 is 0. The van der Waals surface area contributed by atoms with Crippen LogP contribution in [0.3, 0.4) is 0 Å². The molecule has 0 aliphatic rings. The van der Waals surface area contributed by atoms with E-state index in [4.69, 9.17) is 0 Å². The zero-order valence-corrected chi connectivity index (χ0v) is 7.20. The van der Waals surface area contributed by atoms with E-state index in [9.17, 15) is 0 Å². The Hall–Kier alpha value is -0.880. The van der Waals surface area contributed by atoms with E-state index in [0.717, 1.165) is 23.0 Å². The lowest BCUT2D eigenvalue weighted by atomic mass is 10.3. The standard InChI is InChI=1S/C8H9N2P/c11-5-8-9-6-3-1-2-4-7(6)10-8/h1-4H,5,11H2,(H,9,10). The number of para-hydroxylation sites is 2. The molecule has 1 aromatic carbocycles. The molecule has 0 saturated carbocycles. The highest BCUT2D eigenvalue weighted by Crippen LogP contribution is 2.11. The first-order valence-electron chi connectivity index (χ1n) is 3.54. The third-order valence-electron chi connectivity index (χ3n) is 1.63. The third-order valence-corrected chi connectivity index (χ3v) is 2.02. The van der Waals surface area contributed by atoms with Gasteiger partial charge in [-0.15, -0.1) is 9.24 Å². The maximum Gasteiger partial charge on any atom is 0.111 e. The first kappa shape index (κ1) is 6.81. The van der Waals surface area contributed by atoms with Crippen LogP contribution in [0.2, 0.25) is 0 Å². The maximum absolute atomic E-state index is 4.35. The Kier molecular flexibility index (Phi) is 1.63. The zero-order chi connectivity index (χ0) is 7.68. The van der Waals surface area contributed by atoms with Crippen LogP contribution in [-0.2, 0) is 6.16 Å². The van der Waals surface area contributed by atoms with Crippen molar-refractivity contribution in [2.24, 2.45) is 0 Å². The molecule has 1 N–H and O–H groups in total. The molecule has 2 rings (SSSR count). The van der Waals surface area contributed by atoms with Gasteiger partial charge >= 0.3 is 0 Å². The summed E-state index contributed by atoms with van der Waals surface area (Å²) >= 11 is 0. The van der Waals surface area contributed by atoms with Gasteiger partial charge in [0.15, 0.2) is 0 Å². The van der Waals surface area contributed by atoms with Crippen molar-refractivity contribution >= 4 is 20.3 Å². The van der Waals surface area contributed by atoms with Gasteiger partial charge in [-0.25, -0.2) is 4.98 Å². The minimum Gasteiger partial charge on any atom is -0.342 e. The molecule has 1 heterocycles. The Bertz CT molecular complexity index is 334. The predicted octanol–water partition coefficient (Wildman–Crippen LogP) is 1.94. The topological polar surface area (TPSA) is 28.7 Å². The van der Waals surface area contributed by atoms with Crippen LogP contribution in [0.15, 0.2) is 24.3 Å². The second-order valence-corrected chi connectivity index (χ2v) is 2.81. The van der Waals surface area contributed by atoms with E-state index in [2.05, 4.69) is 19.2 Å². The van der Waals surface area contributed by atoms with Crippen molar-refractivity contribution in [3.05, 3.63) is 30.1 Å². The lowest BCUT2D eigenvalue weighted by Crippen LogP contribution is -1.76. The van der Waals surface area contributed by atoms with Crippen molar-refractivity contribution in [2.45, 2.75) is 6.16 Å². The summed E-state index contributed by atoms with van der Waals surface area (Å²) in [5, 5.41) is 0. The molecule has 11 heavy (non-hydrogen) atoms. The Morgan fingerprint density at radius 2 is 2.18 bits per heavy atom. The van der Waals surface area contributed by atoms with Gasteiger partial charge in [-0.3, -0.25) is 0 Å². The summed E-state index contributed by atoms with van der Waals surface area (Å²) in [6.45, 7) is 0. The van der Waals surface area contributed by atoms with Gasteiger partial charge in [-0.1, -0.05) is 12.1 Å². The van der Waals surface area contributed by atoms with Gasteiger partial charge in [-0.2, -0.15) is 0 Å². The van der Waals surface area contributed by atoms with E-state index in [0.29, 0.717) is 0 Å². The molecule has 0 spiro atoms. The molecule has 1 unspecified atom stereocenters. The molecular formula is C8H9N2P. The first-order valence-corrected chi connectivity index (χ1v) is 4.35. The number of rotatable bonds is 1. The lowest BCUT2D eigenvalue weighted by Gasteiger charge is -1.82. The number of nitrogens with zero attached hydrogens (tertiary/aromatic N) is 1. The molecule has 56 valence electrons. The molecule has 3 heteroatoms. The van der Waals surface area contributed by atoms with Crippen LogP contribution in [-0.4, -0.2) is 9.97 Å². The van der Waals surface area contributed by atoms with E-state index < -0.39 is 0 Å². The molecule has 0 aliphatic carbocycles. The Morgan fingerprint density at radius 3 is 2.91 bits per heavy atom. The summed E-state index contributed by atoms with van der Waals surface area (Å²) in [4.78, 5) is 7.57. The maximum atomic E-state index is 4.35. The molecule has 1 atom stereocenters. The van der Waals surface area contributed by atoms with Crippen LogP contribution in [0.5, 0.6) is 0 Å². The highest BCUT2D eigenvalue weighted by atomic mass is 31.0. The summed E-state index contributed by atoms with van der Waals surface area (Å²) in [6.07, 6.45) is 0.884. The molecule has 0 bridgehead atoms. The molecule has 0 amide bonds. The number of benzene rings is 1. The monoisotopic (exact) mass is 164 g/mol. The molecule has 0 saturated heterocycles. The van der Waals surface area contributed by atoms with Crippen molar-refractivity contribution in [3.63, 3.8) is 0 Å². The summed E-state index contributed by atoms with van der Waals surface area (Å²) in [5.74, 6) is 1.02. The smallest absolute Gasteiger partial charge is 0.111 e. The number of hydrogen-bond acceptors (Lipinski definition) is 1. The van der Waals surface area contributed by atoms with E-state index >= 15 is 0 Å². The number of fused-ring (bicyclic) bond motifs is 1. The van der Waals surface area contributed by atoms with Gasteiger partial charge in [0.2, 0.25) is 0 Å². The summed E-state index contributed by atoms with van der Waals surface area (Å²) in [5.41, 5.74) is 2.16. The van der Waals surface area contributed by atoms with Gasteiger partial charge in [-0.05, 0) is 12.1 Å². The van der Waals surface area contributed by atoms with Crippen LogP contribution in [0.1, 0.15) is 5.82 Å². The molecule has 0 fully saturated rings. The van der Waals surface area contributed by atoms with Gasteiger partial charge in [0, 0.05) is 6.16 Å². The predicted molar refractivity (Wildman–Crippen MR) is 49.5 cm³/mol. The Balaban J connectivity index is 2.69. The summed E-state index contributed by atoms with van der Waals surface area (Å²) in [7, 11) is 2.65. The zero-order valence-electron chi connectivity index (χ0n) is 6.04. The van der Waals surface area contributed by atoms with Crippen molar-refractivity contribution < 1.29 is 0 Å². The second-order valence-electron chi connectivity index (χ2n) is 2.40. The van der Waals surface area contributed by atoms with Gasteiger partial charge in [0.1, 0.15) is 5.82 Å². The van der Waals surface area contributed by atoms with E-state index in [-0.39, 0.29) is 0 Å². The fraction of sp³-hybridized carbons (Fsp3) is 0.125. The number of imidazole rings is 1. The van der Waals surface area contributed by atoms with Crippen LogP contribution in [0, 0.1) is 0 Å². The van der Waals surface area contributed by atoms with Crippen molar-refractivity contribution in [1.82, 2.24) is 9.97 Å². The van der Waals surface area contributed by atoms with Gasteiger partial charge in [0.05, 0.1) is 11.0 Å². The van der Waals surface area contributed by atoms with E-state index in [1.807, 2.05) is 24.3 Å². The van der Waals surface area contributed by atoms with Crippen molar-refractivity contribution in [3.8, 4) is 0 Å². The van der Waals surface area contributed by atoms with Crippen LogP contribution >= 0.6 is 9.24 Å². The van der Waals surface area contributed by atoms with Crippen molar-refractivity contribution in [1.29, 1.82) is 0 Å². The quantitative estimate of drug-likeness (QED) is 0.641. The van der Waals surface area contributed by atoms with Gasteiger partial charge < -0.3 is 4.98 Å². The fourth-order valence-electron chi connectivity index (χ4n) is 1.10.